The molecule has 0 bridgehead atoms. The third kappa shape index (κ3) is 6.53. The van der Waals surface area contributed by atoms with Crippen LogP contribution in [-0.4, -0.2) is 72.4 Å². The van der Waals surface area contributed by atoms with E-state index in [-0.39, 0.29) is 18.2 Å². The molecule has 0 spiro atoms. The van der Waals surface area contributed by atoms with E-state index in [0.29, 0.717) is 48.9 Å². The molecule has 1 fully saturated rings. The Kier molecular flexibility index (Phi) is 9.05. The van der Waals surface area contributed by atoms with E-state index < -0.39 is 18.0 Å². The van der Waals surface area contributed by atoms with Gasteiger partial charge in [-0.1, -0.05) is 54.6 Å². The minimum absolute atomic E-state index is 0.204. The average Bonchev–Trinajstić information content (AvgIpc) is 3.49. The number of esters is 2. The number of anilines is 1. The van der Waals surface area contributed by atoms with E-state index >= 15 is 0 Å². The van der Waals surface area contributed by atoms with Gasteiger partial charge in [-0.05, 0) is 37.3 Å². The highest BCUT2D eigenvalue weighted by Gasteiger charge is 2.31. The fourth-order valence-corrected chi connectivity index (χ4v) is 5.13. The first kappa shape index (κ1) is 29.4. The molecule has 10 nitrogen and oxygen atoms in total. The van der Waals surface area contributed by atoms with Crippen molar-refractivity contribution in [3.05, 3.63) is 96.2 Å². The van der Waals surface area contributed by atoms with Crippen molar-refractivity contribution in [2.24, 2.45) is 0 Å². The fraction of sp³-hybridized carbons (Fsp3) is 0.273. The van der Waals surface area contributed by atoms with Crippen LogP contribution in [0.1, 0.15) is 36.0 Å². The molecule has 4 aromatic rings. The molecule has 1 aliphatic rings. The number of hydrogen-bond acceptors (Lipinski definition) is 8. The Balaban J connectivity index is 1.33. The summed E-state index contributed by atoms with van der Waals surface area (Å²) in [4.78, 5) is 41.6. The molecule has 2 heterocycles. The van der Waals surface area contributed by atoms with Crippen molar-refractivity contribution >= 4 is 23.5 Å². The minimum Gasteiger partial charge on any atom is -0.494 e. The number of amides is 1. The highest BCUT2D eigenvalue weighted by atomic mass is 16.5. The van der Waals surface area contributed by atoms with E-state index in [2.05, 4.69) is 10.00 Å². The van der Waals surface area contributed by atoms with Crippen LogP contribution in [-0.2, 0) is 19.1 Å². The number of piperazine rings is 1. The summed E-state index contributed by atoms with van der Waals surface area (Å²) in [5.41, 5.74) is 4.13. The van der Waals surface area contributed by atoms with Crippen LogP contribution in [0.5, 0.6) is 5.75 Å². The van der Waals surface area contributed by atoms with E-state index in [1.54, 1.807) is 41.8 Å². The Bertz CT molecular complexity index is 1580. The fourth-order valence-electron chi connectivity index (χ4n) is 5.13. The van der Waals surface area contributed by atoms with E-state index in [9.17, 15) is 14.4 Å². The van der Waals surface area contributed by atoms with Gasteiger partial charge >= 0.3 is 11.9 Å². The van der Waals surface area contributed by atoms with Crippen LogP contribution in [0.4, 0.5) is 5.69 Å². The summed E-state index contributed by atoms with van der Waals surface area (Å²) >= 11 is 0. The zero-order chi connectivity index (χ0) is 30.3. The van der Waals surface area contributed by atoms with E-state index in [4.69, 9.17) is 14.2 Å². The van der Waals surface area contributed by atoms with Gasteiger partial charge in [0.1, 0.15) is 11.4 Å². The lowest BCUT2D eigenvalue weighted by Gasteiger charge is -2.37. The molecular formula is C33H34N4O6. The Morgan fingerprint density at radius 1 is 0.884 bits per heavy atom. The van der Waals surface area contributed by atoms with Gasteiger partial charge in [0.25, 0.3) is 5.91 Å². The summed E-state index contributed by atoms with van der Waals surface area (Å²) in [7, 11) is 1.59. The van der Waals surface area contributed by atoms with Crippen LogP contribution in [0.25, 0.3) is 16.9 Å². The number of rotatable bonds is 9. The molecule has 1 unspecified atom stereocenters. The number of hydrogen-bond donors (Lipinski definition) is 0. The van der Waals surface area contributed by atoms with Crippen LogP contribution >= 0.6 is 0 Å². The number of nitrogens with zero attached hydrogens (tertiary/aromatic N) is 4. The SMILES string of the molecule is CCOC(=O)c1cc(-c2ccc(N3CCN(C(=O)C(OC(C)=O)c4ccccc4)CC3)cc2)n(-c2ccccc2OC)n1. The van der Waals surface area contributed by atoms with Gasteiger partial charge in [-0.3, -0.25) is 9.59 Å². The predicted octanol–water partition coefficient (Wildman–Crippen LogP) is 4.68. The van der Waals surface area contributed by atoms with Crippen molar-refractivity contribution in [3.8, 4) is 22.7 Å². The van der Waals surface area contributed by atoms with Crippen molar-refractivity contribution in [3.63, 3.8) is 0 Å². The molecule has 1 aromatic heterocycles. The largest absolute Gasteiger partial charge is 0.494 e. The first-order valence-corrected chi connectivity index (χ1v) is 14.2. The number of ether oxygens (including phenoxy) is 3. The Labute approximate surface area is 250 Å². The second-order valence-electron chi connectivity index (χ2n) is 9.98. The Hall–Kier alpha value is -5.12. The van der Waals surface area contributed by atoms with Gasteiger partial charge in [0.2, 0.25) is 6.10 Å². The van der Waals surface area contributed by atoms with Crippen LogP contribution < -0.4 is 9.64 Å². The van der Waals surface area contributed by atoms with E-state index in [0.717, 1.165) is 11.3 Å². The lowest BCUT2D eigenvalue weighted by Crippen LogP contribution is -2.50. The highest BCUT2D eigenvalue weighted by molar-refractivity contribution is 5.89. The number of aromatic nitrogens is 2. The average molecular weight is 583 g/mol. The first-order chi connectivity index (χ1) is 20.9. The third-order valence-corrected chi connectivity index (χ3v) is 7.24. The molecule has 1 saturated heterocycles. The van der Waals surface area contributed by atoms with Crippen LogP contribution in [0.2, 0.25) is 0 Å². The van der Waals surface area contributed by atoms with Gasteiger partial charge in [-0.2, -0.15) is 5.10 Å². The molecule has 1 amide bonds. The maximum absolute atomic E-state index is 13.3. The second kappa shape index (κ2) is 13.2. The number of para-hydroxylation sites is 2. The summed E-state index contributed by atoms with van der Waals surface area (Å²) in [6.45, 7) is 5.55. The first-order valence-electron chi connectivity index (χ1n) is 14.2. The summed E-state index contributed by atoms with van der Waals surface area (Å²) in [6, 6.07) is 26.3. The molecule has 222 valence electrons. The number of carbonyl (C=O) groups is 3. The monoisotopic (exact) mass is 582 g/mol. The van der Waals surface area contributed by atoms with E-state index in [1.807, 2.05) is 66.7 Å². The molecule has 10 heteroatoms. The van der Waals surface area contributed by atoms with Crippen LogP contribution in [0.15, 0.2) is 84.9 Å². The van der Waals surface area contributed by atoms with Gasteiger partial charge in [-0.25, -0.2) is 9.48 Å². The van der Waals surface area contributed by atoms with Gasteiger partial charge in [0, 0.05) is 49.9 Å². The summed E-state index contributed by atoms with van der Waals surface area (Å²) in [5.74, 6) is -0.597. The second-order valence-corrected chi connectivity index (χ2v) is 9.98. The Morgan fingerprint density at radius 2 is 1.56 bits per heavy atom. The number of carbonyl (C=O) groups excluding carboxylic acids is 3. The molecule has 1 atom stereocenters. The molecule has 0 saturated carbocycles. The van der Waals surface area contributed by atoms with Crippen molar-refractivity contribution in [1.29, 1.82) is 0 Å². The lowest BCUT2D eigenvalue weighted by molar-refractivity contribution is -0.159. The maximum atomic E-state index is 13.3. The normalized spacial score (nSPS) is 13.7. The maximum Gasteiger partial charge on any atom is 0.358 e. The molecule has 0 aliphatic carbocycles. The predicted molar refractivity (Wildman–Crippen MR) is 161 cm³/mol. The molecule has 43 heavy (non-hydrogen) atoms. The molecule has 3 aromatic carbocycles. The standard InChI is InChI=1S/C33H34N4O6/c1-4-42-33(40)27-22-29(37(34-27)28-12-8-9-13-30(28)41-3)24-14-16-26(17-15-24)35-18-20-36(21-19-35)32(39)31(43-23(2)38)25-10-6-5-7-11-25/h5-17,22,31H,4,18-21H2,1-3H3. The smallest absolute Gasteiger partial charge is 0.358 e. The number of benzene rings is 3. The van der Waals surface area contributed by atoms with Crippen LogP contribution in [0, 0.1) is 0 Å². The zero-order valence-corrected chi connectivity index (χ0v) is 24.4. The molecule has 0 radical (unpaired) electrons. The highest BCUT2D eigenvalue weighted by Crippen LogP contribution is 2.31. The molecule has 1 aliphatic heterocycles. The van der Waals surface area contributed by atoms with Gasteiger partial charge in [0.05, 0.1) is 19.4 Å². The summed E-state index contributed by atoms with van der Waals surface area (Å²) in [6.07, 6.45) is -0.961. The van der Waals surface area contributed by atoms with Crippen molar-refractivity contribution in [2.45, 2.75) is 20.0 Å². The minimum atomic E-state index is -0.961. The summed E-state index contributed by atoms with van der Waals surface area (Å²) in [5, 5.41) is 4.56. The summed E-state index contributed by atoms with van der Waals surface area (Å²) < 4.78 is 17.9. The van der Waals surface area contributed by atoms with Crippen LogP contribution in [0.3, 0.4) is 0 Å². The van der Waals surface area contributed by atoms with Crippen molar-refractivity contribution in [2.75, 3.05) is 44.8 Å². The molecule has 5 rings (SSSR count). The third-order valence-electron chi connectivity index (χ3n) is 7.24. The topological polar surface area (TPSA) is 103 Å². The Morgan fingerprint density at radius 3 is 2.21 bits per heavy atom. The lowest BCUT2D eigenvalue weighted by atomic mass is 10.1. The quantitative estimate of drug-likeness (QED) is 0.262. The van der Waals surface area contributed by atoms with E-state index in [1.165, 1.54) is 6.92 Å². The van der Waals surface area contributed by atoms with Gasteiger partial charge in [0.15, 0.2) is 5.69 Å². The zero-order valence-electron chi connectivity index (χ0n) is 24.4. The van der Waals surface area contributed by atoms with Crippen molar-refractivity contribution in [1.82, 2.24) is 14.7 Å². The van der Waals surface area contributed by atoms with Crippen molar-refractivity contribution < 1.29 is 28.6 Å². The molecular weight excluding hydrogens is 548 g/mol. The molecule has 0 N–H and O–H groups in total. The number of methoxy groups -OCH3 is 1. The van der Waals surface area contributed by atoms with Gasteiger partial charge < -0.3 is 24.0 Å². The van der Waals surface area contributed by atoms with Gasteiger partial charge in [-0.15, -0.1) is 0 Å².